The second-order valence-electron chi connectivity index (χ2n) is 4.45. The van der Waals surface area contributed by atoms with E-state index in [1.165, 1.54) is 0 Å². The number of aromatic nitrogens is 2. The van der Waals surface area contributed by atoms with Crippen LogP contribution in [0.1, 0.15) is 18.7 Å². The van der Waals surface area contributed by atoms with Gasteiger partial charge in [-0.1, -0.05) is 0 Å². The summed E-state index contributed by atoms with van der Waals surface area (Å²) >= 11 is 1.58. The minimum absolute atomic E-state index is 0.0251. The van der Waals surface area contributed by atoms with Crippen molar-refractivity contribution in [3.05, 3.63) is 17.3 Å². The lowest BCUT2D eigenvalue weighted by molar-refractivity contribution is -0.119. The van der Waals surface area contributed by atoms with Gasteiger partial charge in [0.15, 0.2) is 0 Å². The van der Waals surface area contributed by atoms with Crippen LogP contribution in [0.25, 0.3) is 10.2 Å². The number of amides is 1. The van der Waals surface area contributed by atoms with Crippen molar-refractivity contribution in [1.29, 1.82) is 0 Å². The third-order valence-electron chi connectivity index (χ3n) is 2.80. The maximum Gasteiger partial charge on any atom is 0.239 e. The maximum atomic E-state index is 11.6. The van der Waals surface area contributed by atoms with Gasteiger partial charge in [0.2, 0.25) is 5.91 Å². The summed E-state index contributed by atoms with van der Waals surface area (Å²) in [5.74, 6) is 1.48. The number of aryl methyl sites for hydroxylation is 1. The Balaban J connectivity index is 1.72. The molecule has 1 amide bonds. The number of rotatable bonds is 4. The SMILES string of the molecule is Cc1nc(NCC(=O)NC2CC2)c2ccsc2n1. The van der Waals surface area contributed by atoms with Crippen molar-refractivity contribution in [2.75, 3.05) is 11.9 Å². The highest BCUT2D eigenvalue weighted by molar-refractivity contribution is 7.16. The molecular weight excluding hydrogens is 248 g/mol. The number of nitrogens with zero attached hydrogens (tertiary/aromatic N) is 2. The molecule has 1 fully saturated rings. The summed E-state index contributed by atoms with van der Waals surface area (Å²) in [5, 5.41) is 8.99. The summed E-state index contributed by atoms with van der Waals surface area (Å²) in [6, 6.07) is 2.37. The van der Waals surface area contributed by atoms with E-state index in [0.717, 1.165) is 34.7 Å². The number of carbonyl (C=O) groups excluding carboxylic acids is 1. The van der Waals surface area contributed by atoms with E-state index in [4.69, 9.17) is 0 Å². The van der Waals surface area contributed by atoms with Crippen LogP contribution >= 0.6 is 11.3 Å². The quantitative estimate of drug-likeness (QED) is 0.880. The lowest BCUT2D eigenvalue weighted by Gasteiger charge is -2.07. The van der Waals surface area contributed by atoms with Crippen molar-refractivity contribution in [2.45, 2.75) is 25.8 Å². The number of thiophene rings is 1. The first-order valence-corrected chi connectivity index (χ1v) is 6.85. The Bertz CT molecular complexity index is 591. The molecule has 3 rings (SSSR count). The Morgan fingerprint density at radius 1 is 1.50 bits per heavy atom. The highest BCUT2D eigenvalue weighted by atomic mass is 32.1. The molecule has 0 saturated heterocycles. The van der Waals surface area contributed by atoms with Gasteiger partial charge in [-0.05, 0) is 31.2 Å². The highest BCUT2D eigenvalue weighted by Crippen LogP contribution is 2.24. The molecule has 1 saturated carbocycles. The molecule has 18 heavy (non-hydrogen) atoms. The minimum Gasteiger partial charge on any atom is -0.360 e. The molecule has 0 bridgehead atoms. The zero-order valence-corrected chi connectivity index (χ0v) is 10.9. The Labute approximate surface area is 109 Å². The minimum atomic E-state index is 0.0251. The predicted molar refractivity (Wildman–Crippen MR) is 71.8 cm³/mol. The monoisotopic (exact) mass is 262 g/mol. The fourth-order valence-corrected chi connectivity index (χ4v) is 2.58. The summed E-state index contributed by atoms with van der Waals surface area (Å²) in [6.07, 6.45) is 2.21. The molecule has 5 nitrogen and oxygen atoms in total. The van der Waals surface area contributed by atoms with Crippen molar-refractivity contribution in [3.8, 4) is 0 Å². The van der Waals surface area contributed by atoms with E-state index in [1.54, 1.807) is 11.3 Å². The predicted octanol–water partition coefficient (Wildman–Crippen LogP) is 1.69. The Hall–Kier alpha value is -1.69. The molecule has 2 N–H and O–H groups in total. The van der Waals surface area contributed by atoms with Gasteiger partial charge in [0.25, 0.3) is 0 Å². The molecule has 0 unspecified atom stereocenters. The third kappa shape index (κ3) is 2.43. The van der Waals surface area contributed by atoms with Gasteiger partial charge in [0, 0.05) is 6.04 Å². The van der Waals surface area contributed by atoms with Crippen molar-refractivity contribution in [2.24, 2.45) is 0 Å². The van der Waals surface area contributed by atoms with E-state index in [2.05, 4.69) is 20.6 Å². The first kappa shape index (κ1) is 11.4. The van der Waals surface area contributed by atoms with Crippen LogP contribution in [0, 0.1) is 6.92 Å². The van der Waals surface area contributed by atoms with Gasteiger partial charge in [-0.25, -0.2) is 9.97 Å². The van der Waals surface area contributed by atoms with Crippen LogP contribution in [0.2, 0.25) is 0 Å². The van der Waals surface area contributed by atoms with Crippen LogP contribution in [0.4, 0.5) is 5.82 Å². The van der Waals surface area contributed by atoms with E-state index >= 15 is 0 Å². The summed E-state index contributed by atoms with van der Waals surface area (Å²) in [4.78, 5) is 21.3. The lowest BCUT2D eigenvalue weighted by Crippen LogP contribution is -2.31. The van der Waals surface area contributed by atoms with Crippen LogP contribution in [-0.2, 0) is 4.79 Å². The van der Waals surface area contributed by atoms with Gasteiger partial charge < -0.3 is 10.6 Å². The maximum absolute atomic E-state index is 11.6. The number of anilines is 1. The van der Waals surface area contributed by atoms with Gasteiger partial charge in [0.1, 0.15) is 16.5 Å². The zero-order chi connectivity index (χ0) is 12.5. The van der Waals surface area contributed by atoms with Crippen molar-refractivity contribution in [3.63, 3.8) is 0 Å². The molecule has 6 heteroatoms. The molecule has 2 aromatic rings. The Morgan fingerprint density at radius 2 is 2.33 bits per heavy atom. The fourth-order valence-electron chi connectivity index (χ4n) is 1.77. The van der Waals surface area contributed by atoms with Gasteiger partial charge >= 0.3 is 0 Å². The topological polar surface area (TPSA) is 66.9 Å². The Morgan fingerprint density at radius 3 is 3.11 bits per heavy atom. The summed E-state index contributed by atoms with van der Waals surface area (Å²) in [5.41, 5.74) is 0. The van der Waals surface area contributed by atoms with Crippen molar-refractivity contribution >= 4 is 33.3 Å². The van der Waals surface area contributed by atoms with E-state index < -0.39 is 0 Å². The molecule has 0 atom stereocenters. The average Bonchev–Trinajstić information content (AvgIpc) is 3.01. The molecule has 0 aliphatic heterocycles. The Kier molecular flexibility index (Phi) is 2.87. The first-order valence-electron chi connectivity index (χ1n) is 5.97. The highest BCUT2D eigenvalue weighted by Gasteiger charge is 2.23. The smallest absolute Gasteiger partial charge is 0.239 e. The number of hydrogen-bond acceptors (Lipinski definition) is 5. The molecule has 2 aromatic heterocycles. The number of carbonyl (C=O) groups is 1. The van der Waals surface area contributed by atoms with Gasteiger partial charge in [-0.2, -0.15) is 0 Å². The first-order chi connectivity index (χ1) is 8.72. The molecule has 0 aromatic carbocycles. The molecule has 0 radical (unpaired) electrons. The lowest BCUT2D eigenvalue weighted by atomic mass is 10.3. The molecular formula is C12H14N4OS. The van der Waals surface area contributed by atoms with Gasteiger partial charge in [-0.3, -0.25) is 4.79 Å². The van der Waals surface area contributed by atoms with Crippen LogP contribution in [-0.4, -0.2) is 28.5 Å². The van der Waals surface area contributed by atoms with E-state index in [-0.39, 0.29) is 12.5 Å². The molecule has 94 valence electrons. The van der Waals surface area contributed by atoms with Crippen LogP contribution in [0.15, 0.2) is 11.4 Å². The summed E-state index contributed by atoms with van der Waals surface area (Å²) < 4.78 is 0. The van der Waals surface area contributed by atoms with E-state index in [9.17, 15) is 4.79 Å². The zero-order valence-electron chi connectivity index (χ0n) is 10.1. The molecule has 1 aliphatic carbocycles. The summed E-state index contributed by atoms with van der Waals surface area (Å²) in [7, 11) is 0. The van der Waals surface area contributed by atoms with Crippen molar-refractivity contribution in [1.82, 2.24) is 15.3 Å². The largest absolute Gasteiger partial charge is 0.360 e. The van der Waals surface area contributed by atoms with Crippen LogP contribution in [0.5, 0.6) is 0 Å². The van der Waals surface area contributed by atoms with Crippen LogP contribution in [0.3, 0.4) is 0 Å². The molecule has 2 heterocycles. The average molecular weight is 262 g/mol. The molecule has 0 spiro atoms. The third-order valence-corrected chi connectivity index (χ3v) is 3.60. The van der Waals surface area contributed by atoms with Gasteiger partial charge in [-0.15, -0.1) is 11.3 Å². The van der Waals surface area contributed by atoms with E-state index in [1.807, 2.05) is 18.4 Å². The number of fused-ring (bicyclic) bond motifs is 1. The number of nitrogens with one attached hydrogen (secondary N) is 2. The fraction of sp³-hybridized carbons (Fsp3) is 0.417. The van der Waals surface area contributed by atoms with Crippen LogP contribution < -0.4 is 10.6 Å². The number of hydrogen-bond donors (Lipinski definition) is 2. The van der Waals surface area contributed by atoms with Gasteiger partial charge in [0.05, 0.1) is 11.9 Å². The summed E-state index contributed by atoms with van der Waals surface area (Å²) in [6.45, 7) is 2.12. The van der Waals surface area contributed by atoms with Crippen molar-refractivity contribution < 1.29 is 4.79 Å². The van der Waals surface area contributed by atoms with E-state index in [0.29, 0.717) is 6.04 Å². The normalized spacial score (nSPS) is 14.7. The second-order valence-corrected chi connectivity index (χ2v) is 5.35. The second kappa shape index (κ2) is 4.53. The standard InChI is InChI=1S/C12H14N4OS/c1-7-14-11(9-4-5-18-12(9)15-7)13-6-10(17)16-8-2-3-8/h4-5,8H,2-3,6H2,1H3,(H,16,17)(H,13,14,15). The molecule has 1 aliphatic rings.